The summed E-state index contributed by atoms with van der Waals surface area (Å²) >= 11 is 0. The van der Waals surface area contributed by atoms with E-state index in [-0.39, 0.29) is 5.56 Å². The molecule has 7 heteroatoms. The van der Waals surface area contributed by atoms with Gasteiger partial charge in [0, 0.05) is 6.04 Å². The van der Waals surface area contributed by atoms with Crippen molar-refractivity contribution in [2.75, 3.05) is 20.2 Å². The molecule has 0 aromatic heterocycles. The predicted molar refractivity (Wildman–Crippen MR) is 71.2 cm³/mol. The Balaban J connectivity index is 2.11. The van der Waals surface area contributed by atoms with Gasteiger partial charge in [-0.2, -0.15) is 0 Å². The molecule has 1 heterocycles. The quantitative estimate of drug-likeness (QED) is 0.652. The lowest BCUT2D eigenvalue weighted by molar-refractivity contribution is -0.385. The van der Waals surface area contributed by atoms with E-state index in [1.165, 1.54) is 18.2 Å². The lowest BCUT2D eigenvalue weighted by Gasteiger charge is -2.19. The maximum Gasteiger partial charge on any atom is 0.342 e. The number of nitro benzene ring substituents is 1. The maximum absolute atomic E-state index is 10.9. The molecule has 0 spiro atoms. The fourth-order valence-electron chi connectivity index (χ4n) is 2.32. The van der Waals surface area contributed by atoms with E-state index >= 15 is 0 Å². The number of carboxylic acids is 1. The van der Waals surface area contributed by atoms with E-state index in [4.69, 9.17) is 9.84 Å². The van der Waals surface area contributed by atoms with Crippen LogP contribution in [0.25, 0.3) is 0 Å². The van der Waals surface area contributed by atoms with Crippen LogP contribution in [0.15, 0.2) is 18.2 Å². The predicted octanol–water partition coefficient (Wildman–Crippen LogP) is 1.77. The van der Waals surface area contributed by atoms with Crippen LogP contribution in [0.4, 0.5) is 5.69 Å². The summed E-state index contributed by atoms with van der Waals surface area (Å²) in [5, 5.41) is 19.8. The molecule has 0 radical (unpaired) electrons. The third-order valence-electron chi connectivity index (χ3n) is 3.51. The van der Waals surface area contributed by atoms with E-state index in [0.717, 1.165) is 19.4 Å². The smallest absolute Gasteiger partial charge is 0.342 e. The van der Waals surface area contributed by atoms with Crippen molar-refractivity contribution >= 4 is 11.7 Å². The van der Waals surface area contributed by atoms with Crippen molar-refractivity contribution in [2.45, 2.75) is 18.9 Å². The highest BCUT2D eigenvalue weighted by Crippen LogP contribution is 2.25. The molecule has 0 bridgehead atoms. The molecular formula is C13H16N2O5. The zero-order chi connectivity index (χ0) is 14.7. The Hall–Kier alpha value is -2.15. The van der Waals surface area contributed by atoms with Crippen LogP contribution in [-0.4, -0.2) is 47.1 Å². The van der Waals surface area contributed by atoms with Gasteiger partial charge in [0.25, 0.3) is 5.69 Å². The van der Waals surface area contributed by atoms with Crippen molar-refractivity contribution in [3.63, 3.8) is 0 Å². The van der Waals surface area contributed by atoms with Crippen LogP contribution in [-0.2, 0) is 0 Å². The highest BCUT2D eigenvalue weighted by Gasteiger charge is 2.23. The highest BCUT2D eigenvalue weighted by atomic mass is 16.6. The molecule has 7 nitrogen and oxygen atoms in total. The van der Waals surface area contributed by atoms with Gasteiger partial charge in [0.1, 0.15) is 17.9 Å². The fraction of sp³-hybridized carbons (Fsp3) is 0.462. The number of likely N-dealkylation sites (tertiary alicyclic amines) is 1. The number of aromatic carboxylic acids is 1. The van der Waals surface area contributed by atoms with E-state index in [9.17, 15) is 14.9 Å². The number of ether oxygens (including phenoxy) is 1. The van der Waals surface area contributed by atoms with E-state index in [0.29, 0.717) is 18.4 Å². The zero-order valence-electron chi connectivity index (χ0n) is 11.1. The Morgan fingerprint density at radius 2 is 2.35 bits per heavy atom. The molecule has 1 aliphatic rings. The van der Waals surface area contributed by atoms with E-state index < -0.39 is 16.6 Å². The topological polar surface area (TPSA) is 92.9 Å². The first-order valence-corrected chi connectivity index (χ1v) is 6.34. The molecule has 108 valence electrons. The molecule has 2 rings (SSSR count). The van der Waals surface area contributed by atoms with Gasteiger partial charge in [-0.25, -0.2) is 4.79 Å². The molecule has 20 heavy (non-hydrogen) atoms. The van der Waals surface area contributed by atoms with Gasteiger partial charge >= 0.3 is 5.97 Å². The molecule has 1 aromatic carbocycles. The molecule has 1 aliphatic heterocycles. The van der Waals surface area contributed by atoms with Crippen LogP contribution >= 0.6 is 0 Å². The van der Waals surface area contributed by atoms with Crippen molar-refractivity contribution in [3.8, 4) is 5.75 Å². The lowest BCUT2D eigenvalue weighted by Crippen LogP contribution is -2.30. The van der Waals surface area contributed by atoms with E-state index in [1.54, 1.807) is 0 Å². The van der Waals surface area contributed by atoms with Gasteiger partial charge in [0.05, 0.1) is 11.0 Å². The standard InChI is InChI=1S/C13H16N2O5/c1-14-6-2-3-9(14)8-20-10-4-5-11(13(16)17)12(7-10)15(18)19/h4-5,7,9H,2-3,6,8H2,1H3,(H,16,17). The normalized spacial score (nSPS) is 18.9. The summed E-state index contributed by atoms with van der Waals surface area (Å²) in [5.74, 6) is -0.999. The Kier molecular flexibility index (Phi) is 4.19. The van der Waals surface area contributed by atoms with Crippen molar-refractivity contribution in [1.29, 1.82) is 0 Å². The summed E-state index contributed by atoms with van der Waals surface area (Å²) < 4.78 is 5.55. The van der Waals surface area contributed by atoms with Crippen molar-refractivity contribution in [3.05, 3.63) is 33.9 Å². The Labute approximate surface area is 115 Å². The molecule has 1 N–H and O–H groups in total. The molecular weight excluding hydrogens is 264 g/mol. The molecule has 0 saturated carbocycles. The van der Waals surface area contributed by atoms with Crippen LogP contribution in [0.1, 0.15) is 23.2 Å². The zero-order valence-corrected chi connectivity index (χ0v) is 11.1. The molecule has 0 aliphatic carbocycles. The molecule has 1 saturated heterocycles. The Morgan fingerprint density at radius 1 is 1.60 bits per heavy atom. The number of hydrogen-bond acceptors (Lipinski definition) is 5. The SMILES string of the molecule is CN1CCCC1COc1ccc(C(=O)O)c([N+](=O)[O-])c1. The summed E-state index contributed by atoms with van der Waals surface area (Å²) in [5.41, 5.74) is -0.782. The Morgan fingerprint density at radius 3 is 2.90 bits per heavy atom. The van der Waals surface area contributed by atoms with Gasteiger partial charge in [-0.15, -0.1) is 0 Å². The second-order valence-corrected chi connectivity index (χ2v) is 4.83. The molecule has 1 atom stereocenters. The third-order valence-corrected chi connectivity index (χ3v) is 3.51. The van der Waals surface area contributed by atoms with E-state index in [1.807, 2.05) is 7.05 Å². The van der Waals surface area contributed by atoms with Gasteiger partial charge in [-0.05, 0) is 38.6 Å². The second kappa shape index (κ2) is 5.87. The van der Waals surface area contributed by atoms with Crippen LogP contribution < -0.4 is 4.74 Å². The summed E-state index contributed by atoms with van der Waals surface area (Å²) in [6.07, 6.45) is 2.15. The summed E-state index contributed by atoms with van der Waals surface area (Å²) in [7, 11) is 2.01. The number of likely N-dealkylation sites (N-methyl/N-ethyl adjacent to an activating group) is 1. The summed E-state index contributed by atoms with van der Waals surface area (Å²) in [4.78, 5) is 23.2. The Bertz CT molecular complexity index is 531. The molecule has 0 amide bonds. The lowest BCUT2D eigenvalue weighted by atomic mass is 10.1. The summed E-state index contributed by atoms with van der Waals surface area (Å²) in [6, 6.07) is 4.12. The monoisotopic (exact) mass is 280 g/mol. The number of carboxylic acid groups (broad SMARTS) is 1. The second-order valence-electron chi connectivity index (χ2n) is 4.83. The van der Waals surface area contributed by atoms with E-state index in [2.05, 4.69) is 4.90 Å². The van der Waals surface area contributed by atoms with Crippen LogP contribution in [0.5, 0.6) is 5.75 Å². The van der Waals surface area contributed by atoms with Crippen molar-refractivity contribution in [2.24, 2.45) is 0 Å². The molecule has 1 unspecified atom stereocenters. The minimum Gasteiger partial charge on any atom is -0.492 e. The van der Waals surface area contributed by atoms with Crippen molar-refractivity contribution in [1.82, 2.24) is 4.90 Å². The number of nitrogens with zero attached hydrogens (tertiary/aromatic N) is 2. The van der Waals surface area contributed by atoms with Gasteiger partial charge in [0.2, 0.25) is 0 Å². The first-order chi connectivity index (χ1) is 9.49. The van der Waals surface area contributed by atoms with Gasteiger partial charge in [-0.1, -0.05) is 0 Å². The number of hydrogen-bond donors (Lipinski definition) is 1. The first kappa shape index (κ1) is 14.3. The van der Waals surface area contributed by atoms with Gasteiger partial charge in [-0.3, -0.25) is 10.1 Å². The summed E-state index contributed by atoms with van der Waals surface area (Å²) in [6.45, 7) is 1.46. The number of benzene rings is 1. The minimum atomic E-state index is -1.32. The average Bonchev–Trinajstić information content (AvgIpc) is 2.81. The third kappa shape index (κ3) is 3.05. The van der Waals surface area contributed by atoms with Crippen molar-refractivity contribution < 1.29 is 19.6 Å². The number of nitro groups is 1. The van der Waals surface area contributed by atoms with Crippen LogP contribution in [0.3, 0.4) is 0 Å². The van der Waals surface area contributed by atoms with Gasteiger partial charge < -0.3 is 14.7 Å². The molecule has 1 aromatic rings. The highest BCUT2D eigenvalue weighted by molar-refractivity contribution is 5.92. The largest absolute Gasteiger partial charge is 0.492 e. The maximum atomic E-state index is 10.9. The first-order valence-electron chi connectivity index (χ1n) is 6.34. The number of rotatable bonds is 5. The average molecular weight is 280 g/mol. The molecule has 1 fully saturated rings. The fourth-order valence-corrected chi connectivity index (χ4v) is 2.32. The number of carbonyl (C=O) groups is 1. The van der Waals surface area contributed by atoms with Crippen LogP contribution in [0.2, 0.25) is 0 Å². The van der Waals surface area contributed by atoms with Crippen LogP contribution in [0, 0.1) is 10.1 Å². The van der Waals surface area contributed by atoms with Gasteiger partial charge in [0.15, 0.2) is 0 Å². The minimum absolute atomic E-state index is 0.299.